The summed E-state index contributed by atoms with van der Waals surface area (Å²) in [5, 5.41) is 18.2. The van der Waals surface area contributed by atoms with E-state index in [-0.39, 0.29) is 0 Å². The lowest BCUT2D eigenvalue weighted by Gasteiger charge is -2.05. The summed E-state index contributed by atoms with van der Waals surface area (Å²) >= 11 is 5.95. The van der Waals surface area contributed by atoms with E-state index < -0.39 is 0 Å². The van der Waals surface area contributed by atoms with Crippen LogP contribution in [-0.4, -0.2) is 29.6 Å². The lowest BCUT2D eigenvalue weighted by atomic mass is 10.2. The van der Waals surface area contributed by atoms with Gasteiger partial charge in [-0.1, -0.05) is 11.6 Å². The second-order valence-corrected chi connectivity index (χ2v) is 5.77. The van der Waals surface area contributed by atoms with Gasteiger partial charge in [-0.15, -0.1) is 15.3 Å². The quantitative estimate of drug-likeness (QED) is 0.568. The Balaban J connectivity index is 1.89. The van der Waals surface area contributed by atoms with Crippen molar-refractivity contribution in [1.82, 2.24) is 29.6 Å². The van der Waals surface area contributed by atoms with Crippen LogP contribution in [0.2, 0.25) is 5.02 Å². The van der Waals surface area contributed by atoms with Gasteiger partial charge in [-0.3, -0.25) is 0 Å². The van der Waals surface area contributed by atoms with Crippen molar-refractivity contribution in [2.24, 2.45) is 0 Å². The van der Waals surface area contributed by atoms with E-state index in [0.717, 1.165) is 22.8 Å². The molecule has 23 heavy (non-hydrogen) atoms. The molecule has 3 aromatic heterocycles. The van der Waals surface area contributed by atoms with E-state index in [1.54, 1.807) is 9.20 Å². The molecule has 0 radical (unpaired) electrons. The van der Waals surface area contributed by atoms with Gasteiger partial charge >= 0.3 is 0 Å². The fourth-order valence-electron chi connectivity index (χ4n) is 2.53. The summed E-state index contributed by atoms with van der Waals surface area (Å²) in [6.45, 7) is 3.96. The summed E-state index contributed by atoms with van der Waals surface area (Å²) in [4.78, 5) is 0. The molecule has 0 spiro atoms. The Kier molecular flexibility index (Phi) is 3.12. The molecule has 0 aliphatic carbocycles. The van der Waals surface area contributed by atoms with Crippen molar-refractivity contribution in [2.45, 2.75) is 13.8 Å². The van der Waals surface area contributed by atoms with Crippen LogP contribution in [0.4, 0.5) is 0 Å². The van der Waals surface area contributed by atoms with E-state index in [9.17, 15) is 0 Å². The monoisotopic (exact) mass is 324 g/mol. The molecule has 0 bridgehead atoms. The molecule has 0 unspecified atom stereocenters. The van der Waals surface area contributed by atoms with Crippen molar-refractivity contribution < 1.29 is 0 Å². The number of fused-ring (bicyclic) bond motifs is 1. The third-order valence-corrected chi connectivity index (χ3v) is 3.83. The molecule has 114 valence electrons. The molecule has 4 aromatic rings. The van der Waals surface area contributed by atoms with Crippen molar-refractivity contribution in [3.05, 3.63) is 58.9 Å². The Morgan fingerprint density at radius 2 is 1.70 bits per heavy atom. The summed E-state index contributed by atoms with van der Waals surface area (Å²) in [6, 6.07) is 13.2. The molecule has 0 amide bonds. The lowest BCUT2D eigenvalue weighted by molar-refractivity contribution is 0.767. The van der Waals surface area contributed by atoms with Gasteiger partial charge in [0.25, 0.3) is 0 Å². The smallest absolute Gasteiger partial charge is 0.185 e. The van der Waals surface area contributed by atoms with Gasteiger partial charge in [-0.25, -0.2) is 4.68 Å². The van der Waals surface area contributed by atoms with Crippen LogP contribution in [-0.2, 0) is 0 Å². The number of aryl methyl sites for hydroxylation is 2. The summed E-state index contributed by atoms with van der Waals surface area (Å²) in [5.41, 5.74) is 3.56. The Morgan fingerprint density at radius 3 is 2.39 bits per heavy atom. The van der Waals surface area contributed by atoms with E-state index in [1.165, 1.54) is 0 Å². The van der Waals surface area contributed by atoms with E-state index in [4.69, 9.17) is 11.6 Å². The third-order valence-electron chi connectivity index (χ3n) is 3.58. The van der Waals surface area contributed by atoms with Crippen molar-refractivity contribution in [3.8, 4) is 17.2 Å². The van der Waals surface area contributed by atoms with E-state index in [1.807, 2.05) is 56.3 Å². The van der Waals surface area contributed by atoms with Crippen LogP contribution in [0.15, 0.2) is 42.5 Å². The number of hydrogen-bond donors (Lipinski definition) is 0. The van der Waals surface area contributed by atoms with E-state index in [2.05, 4.69) is 20.4 Å². The zero-order chi connectivity index (χ0) is 16.0. The highest BCUT2D eigenvalue weighted by Crippen LogP contribution is 2.20. The van der Waals surface area contributed by atoms with Crippen LogP contribution in [0.5, 0.6) is 0 Å². The van der Waals surface area contributed by atoms with Gasteiger partial charge in [-0.05, 0) is 56.3 Å². The van der Waals surface area contributed by atoms with Crippen molar-refractivity contribution in [3.63, 3.8) is 0 Å². The SMILES string of the molecule is Cc1cc(C)n(-c2ccc3nnc(-c4ccc(Cl)cc4)n3n2)n1. The van der Waals surface area contributed by atoms with Gasteiger partial charge in [0.1, 0.15) is 0 Å². The fourth-order valence-corrected chi connectivity index (χ4v) is 2.66. The predicted octanol–water partition coefficient (Wildman–Crippen LogP) is 3.25. The second kappa shape index (κ2) is 5.17. The van der Waals surface area contributed by atoms with Crippen LogP contribution >= 0.6 is 11.6 Å². The number of halogens is 1. The number of aromatic nitrogens is 6. The first-order chi connectivity index (χ1) is 11.1. The highest BCUT2D eigenvalue weighted by molar-refractivity contribution is 6.30. The summed E-state index contributed by atoms with van der Waals surface area (Å²) in [5.74, 6) is 1.39. The maximum atomic E-state index is 5.95. The molecule has 0 atom stereocenters. The molecule has 7 heteroatoms. The van der Waals surface area contributed by atoms with Crippen LogP contribution < -0.4 is 0 Å². The first kappa shape index (κ1) is 13.9. The minimum absolute atomic E-state index is 0.667. The number of hydrogen-bond acceptors (Lipinski definition) is 4. The molecule has 0 N–H and O–H groups in total. The van der Waals surface area contributed by atoms with Crippen molar-refractivity contribution in [1.29, 1.82) is 0 Å². The molecule has 0 saturated heterocycles. The fraction of sp³-hybridized carbons (Fsp3) is 0.125. The Labute approximate surface area is 137 Å². The normalized spacial score (nSPS) is 11.3. The first-order valence-corrected chi connectivity index (χ1v) is 7.52. The molecular weight excluding hydrogens is 312 g/mol. The summed E-state index contributed by atoms with van der Waals surface area (Å²) < 4.78 is 3.52. The maximum Gasteiger partial charge on any atom is 0.185 e. The lowest BCUT2D eigenvalue weighted by Crippen LogP contribution is -2.06. The predicted molar refractivity (Wildman–Crippen MR) is 87.8 cm³/mol. The third kappa shape index (κ3) is 2.37. The van der Waals surface area contributed by atoms with Gasteiger partial charge < -0.3 is 0 Å². The molecular formula is C16H13ClN6. The van der Waals surface area contributed by atoms with Gasteiger partial charge in [-0.2, -0.15) is 9.61 Å². The summed E-state index contributed by atoms with van der Waals surface area (Å²) in [6.07, 6.45) is 0. The molecule has 4 rings (SSSR count). The average molecular weight is 325 g/mol. The largest absolute Gasteiger partial charge is 0.218 e. The molecule has 3 heterocycles. The molecule has 0 aliphatic rings. The van der Waals surface area contributed by atoms with Gasteiger partial charge in [0.05, 0.1) is 5.69 Å². The zero-order valence-electron chi connectivity index (χ0n) is 12.6. The van der Waals surface area contributed by atoms with Crippen molar-refractivity contribution >= 4 is 17.2 Å². The molecule has 0 fully saturated rings. The van der Waals surface area contributed by atoms with Crippen molar-refractivity contribution in [2.75, 3.05) is 0 Å². The van der Waals surface area contributed by atoms with Gasteiger partial charge in [0.2, 0.25) is 0 Å². The molecule has 0 saturated carbocycles. The molecule has 0 aliphatic heterocycles. The Hall–Kier alpha value is -2.73. The molecule has 1 aromatic carbocycles. The Bertz CT molecular complexity index is 999. The number of benzene rings is 1. The minimum atomic E-state index is 0.667. The van der Waals surface area contributed by atoms with Crippen LogP contribution in [0.1, 0.15) is 11.4 Å². The highest BCUT2D eigenvalue weighted by Gasteiger charge is 2.12. The van der Waals surface area contributed by atoms with E-state index in [0.29, 0.717) is 16.5 Å². The van der Waals surface area contributed by atoms with Crippen LogP contribution in [0.25, 0.3) is 22.9 Å². The minimum Gasteiger partial charge on any atom is -0.218 e. The zero-order valence-corrected chi connectivity index (χ0v) is 13.4. The second-order valence-electron chi connectivity index (χ2n) is 5.33. The van der Waals surface area contributed by atoms with Gasteiger partial charge in [0, 0.05) is 16.3 Å². The van der Waals surface area contributed by atoms with Crippen LogP contribution in [0, 0.1) is 13.8 Å². The highest BCUT2D eigenvalue weighted by atomic mass is 35.5. The van der Waals surface area contributed by atoms with E-state index >= 15 is 0 Å². The maximum absolute atomic E-state index is 5.95. The number of nitrogens with zero attached hydrogens (tertiary/aromatic N) is 6. The first-order valence-electron chi connectivity index (χ1n) is 7.14. The van der Waals surface area contributed by atoms with Gasteiger partial charge in [0.15, 0.2) is 17.3 Å². The standard InChI is InChI=1S/C16H13ClN6/c1-10-9-11(2)22(20-10)15-8-7-14-18-19-16(23(14)21-15)12-3-5-13(17)6-4-12/h3-9H,1-2H3. The number of rotatable bonds is 2. The Morgan fingerprint density at radius 1 is 0.913 bits per heavy atom. The summed E-state index contributed by atoms with van der Waals surface area (Å²) in [7, 11) is 0. The van der Waals surface area contributed by atoms with Crippen LogP contribution in [0.3, 0.4) is 0 Å². The topological polar surface area (TPSA) is 60.9 Å². The average Bonchev–Trinajstić information content (AvgIpc) is 3.10. The molecule has 6 nitrogen and oxygen atoms in total.